The van der Waals surface area contributed by atoms with E-state index in [9.17, 15) is 13.2 Å². The molecule has 0 spiro atoms. The van der Waals surface area contributed by atoms with E-state index in [0.29, 0.717) is 12.0 Å². The van der Waals surface area contributed by atoms with Crippen molar-refractivity contribution in [3.05, 3.63) is 65.7 Å². The van der Waals surface area contributed by atoms with Crippen molar-refractivity contribution in [1.29, 1.82) is 0 Å². The molecule has 2 aliphatic rings. The number of fused-ring (bicyclic) bond motifs is 1. The molecule has 0 saturated carbocycles. The van der Waals surface area contributed by atoms with E-state index in [4.69, 9.17) is 0 Å². The number of benzene rings is 2. The van der Waals surface area contributed by atoms with Crippen LogP contribution in [0.1, 0.15) is 24.0 Å². The Bertz CT molecular complexity index is 727. The maximum Gasteiger partial charge on any atom is 0.416 e. The maximum atomic E-state index is 12.8. The molecule has 0 N–H and O–H groups in total. The van der Waals surface area contributed by atoms with Crippen LogP contribution in [0.3, 0.4) is 0 Å². The van der Waals surface area contributed by atoms with E-state index >= 15 is 0 Å². The van der Waals surface area contributed by atoms with Crippen molar-refractivity contribution >= 4 is 5.69 Å². The highest BCUT2D eigenvalue weighted by molar-refractivity contribution is 5.50. The van der Waals surface area contributed by atoms with Gasteiger partial charge in [-0.25, -0.2) is 0 Å². The minimum absolute atomic E-state index is 0.393. The second-order valence-corrected chi connectivity index (χ2v) is 7.39. The highest BCUT2D eigenvalue weighted by atomic mass is 19.4. The fourth-order valence-electron chi connectivity index (χ4n) is 4.40. The van der Waals surface area contributed by atoms with Gasteiger partial charge in [-0.1, -0.05) is 30.3 Å². The molecule has 0 aromatic heterocycles. The van der Waals surface area contributed by atoms with Crippen molar-refractivity contribution < 1.29 is 13.2 Å². The van der Waals surface area contributed by atoms with E-state index < -0.39 is 11.7 Å². The molecule has 0 radical (unpaired) electrons. The van der Waals surface area contributed by atoms with Gasteiger partial charge in [0, 0.05) is 37.9 Å². The second-order valence-electron chi connectivity index (χ2n) is 7.39. The number of nitrogens with zero attached hydrogens (tertiary/aromatic N) is 2. The van der Waals surface area contributed by atoms with E-state index in [2.05, 4.69) is 34.1 Å². The first-order valence-electron chi connectivity index (χ1n) is 9.21. The van der Waals surface area contributed by atoms with Crippen LogP contribution in [0.5, 0.6) is 0 Å². The number of anilines is 1. The van der Waals surface area contributed by atoms with Gasteiger partial charge in [0.25, 0.3) is 0 Å². The zero-order valence-corrected chi connectivity index (χ0v) is 14.6. The van der Waals surface area contributed by atoms with Crippen LogP contribution in [-0.2, 0) is 12.7 Å². The summed E-state index contributed by atoms with van der Waals surface area (Å²) in [5, 5.41) is 0. The van der Waals surface area contributed by atoms with Gasteiger partial charge >= 0.3 is 6.18 Å². The Morgan fingerprint density at radius 3 is 2.35 bits per heavy atom. The van der Waals surface area contributed by atoms with Gasteiger partial charge in [-0.05, 0) is 48.6 Å². The molecule has 2 aliphatic heterocycles. The smallest absolute Gasteiger partial charge is 0.367 e. The summed E-state index contributed by atoms with van der Waals surface area (Å²) in [7, 11) is 0. The molecule has 2 fully saturated rings. The highest BCUT2D eigenvalue weighted by Gasteiger charge is 2.39. The number of likely N-dealkylation sites (tertiary alicyclic amines) is 1. The molecule has 138 valence electrons. The van der Waals surface area contributed by atoms with Crippen molar-refractivity contribution in [2.24, 2.45) is 5.92 Å². The monoisotopic (exact) mass is 360 g/mol. The summed E-state index contributed by atoms with van der Waals surface area (Å²) in [4.78, 5) is 4.80. The van der Waals surface area contributed by atoms with Gasteiger partial charge < -0.3 is 4.90 Å². The molecule has 2 unspecified atom stereocenters. The molecular weight excluding hydrogens is 337 g/mol. The van der Waals surface area contributed by atoms with E-state index in [1.807, 2.05) is 6.07 Å². The number of hydrogen-bond acceptors (Lipinski definition) is 2. The Morgan fingerprint density at radius 1 is 0.923 bits per heavy atom. The van der Waals surface area contributed by atoms with Crippen LogP contribution in [-0.4, -0.2) is 30.6 Å². The number of piperidine rings is 1. The standard InChI is InChI=1S/C21H23F3N2/c22-21(23,24)18-8-10-19(11-9-18)26-12-4-7-17-14-25(15-20(17)26)13-16-5-2-1-3-6-16/h1-3,5-6,8-11,17,20H,4,7,12-15H2. The van der Waals surface area contributed by atoms with Gasteiger partial charge in [-0.15, -0.1) is 0 Å². The third-order valence-corrected chi connectivity index (χ3v) is 5.63. The molecule has 0 amide bonds. The van der Waals surface area contributed by atoms with Gasteiger partial charge in [0.05, 0.1) is 5.56 Å². The van der Waals surface area contributed by atoms with E-state index in [0.717, 1.165) is 38.3 Å². The van der Waals surface area contributed by atoms with Crippen LogP contribution in [0.4, 0.5) is 18.9 Å². The molecule has 2 heterocycles. The van der Waals surface area contributed by atoms with Crippen molar-refractivity contribution in [3.63, 3.8) is 0 Å². The van der Waals surface area contributed by atoms with Crippen LogP contribution >= 0.6 is 0 Å². The average Bonchev–Trinajstić information content (AvgIpc) is 3.04. The normalized spacial score (nSPS) is 23.9. The van der Waals surface area contributed by atoms with Crippen molar-refractivity contribution in [2.45, 2.75) is 31.6 Å². The minimum atomic E-state index is -4.27. The molecule has 5 heteroatoms. The fourth-order valence-corrected chi connectivity index (χ4v) is 4.40. The van der Waals surface area contributed by atoms with Crippen LogP contribution < -0.4 is 4.90 Å². The van der Waals surface area contributed by atoms with Gasteiger partial charge in [0.15, 0.2) is 0 Å². The fraction of sp³-hybridized carbons (Fsp3) is 0.429. The molecule has 26 heavy (non-hydrogen) atoms. The number of hydrogen-bond donors (Lipinski definition) is 0. The van der Waals surface area contributed by atoms with Crippen molar-refractivity contribution in [1.82, 2.24) is 4.90 Å². The topological polar surface area (TPSA) is 6.48 Å². The van der Waals surface area contributed by atoms with Gasteiger partial charge in [0.1, 0.15) is 0 Å². The minimum Gasteiger partial charge on any atom is -0.367 e. The first-order valence-corrected chi connectivity index (χ1v) is 9.21. The van der Waals surface area contributed by atoms with Gasteiger partial charge in [-0.2, -0.15) is 13.2 Å². The molecule has 4 rings (SSSR count). The Kier molecular flexibility index (Phi) is 4.65. The van der Waals surface area contributed by atoms with E-state index in [-0.39, 0.29) is 0 Å². The molecule has 2 aromatic rings. The Labute approximate surface area is 152 Å². The van der Waals surface area contributed by atoms with E-state index in [1.54, 1.807) is 12.1 Å². The predicted octanol–water partition coefficient (Wildman–Crippen LogP) is 4.81. The summed E-state index contributed by atoms with van der Waals surface area (Å²) >= 11 is 0. The number of alkyl halides is 3. The predicted molar refractivity (Wildman–Crippen MR) is 97.0 cm³/mol. The third kappa shape index (κ3) is 3.58. The zero-order valence-electron chi connectivity index (χ0n) is 14.6. The lowest BCUT2D eigenvalue weighted by Gasteiger charge is -2.39. The molecule has 2 atom stereocenters. The molecule has 0 aliphatic carbocycles. The third-order valence-electron chi connectivity index (χ3n) is 5.63. The first kappa shape index (κ1) is 17.4. The quantitative estimate of drug-likeness (QED) is 0.775. The Hall–Kier alpha value is -2.01. The number of rotatable bonds is 3. The van der Waals surface area contributed by atoms with Crippen molar-refractivity contribution in [2.75, 3.05) is 24.5 Å². The molecular formula is C21H23F3N2. The average molecular weight is 360 g/mol. The summed E-state index contributed by atoms with van der Waals surface area (Å²) in [6.45, 7) is 3.90. The zero-order chi connectivity index (χ0) is 18.1. The van der Waals surface area contributed by atoms with Crippen molar-refractivity contribution in [3.8, 4) is 0 Å². The largest absolute Gasteiger partial charge is 0.416 e. The van der Waals surface area contributed by atoms with E-state index in [1.165, 1.54) is 24.1 Å². The van der Waals surface area contributed by atoms with Crippen LogP contribution in [0.25, 0.3) is 0 Å². The van der Waals surface area contributed by atoms with Crippen LogP contribution in [0.2, 0.25) is 0 Å². The highest BCUT2D eigenvalue weighted by Crippen LogP contribution is 2.36. The van der Waals surface area contributed by atoms with Gasteiger partial charge in [0.2, 0.25) is 0 Å². The summed E-state index contributed by atoms with van der Waals surface area (Å²) in [6.07, 6.45) is -1.97. The maximum absolute atomic E-state index is 12.8. The Balaban J connectivity index is 1.48. The van der Waals surface area contributed by atoms with Crippen LogP contribution in [0, 0.1) is 5.92 Å². The SMILES string of the molecule is FC(F)(F)c1ccc(N2CCCC3CN(Cc4ccccc4)CC32)cc1. The molecule has 2 nitrogen and oxygen atoms in total. The molecule has 2 saturated heterocycles. The van der Waals surface area contributed by atoms with Gasteiger partial charge in [-0.3, -0.25) is 4.90 Å². The summed E-state index contributed by atoms with van der Waals surface area (Å²) < 4.78 is 38.4. The lowest BCUT2D eigenvalue weighted by molar-refractivity contribution is -0.137. The number of halogens is 3. The first-order chi connectivity index (χ1) is 12.5. The summed E-state index contributed by atoms with van der Waals surface area (Å²) in [5.41, 5.74) is 1.65. The summed E-state index contributed by atoms with van der Waals surface area (Å²) in [5.74, 6) is 0.592. The Morgan fingerprint density at radius 2 is 1.65 bits per heavy atom. The lowest BCUT2D eigenvalue weighted by Crippen LogP contribution is -2.45. The lowest BCUT2D eigenvalue weighted by atomic mass is 9.91. The molecule has 0 bridgehead atoms. The second kappa shape index (κ2) is 6.95. The molecule has 2 aromatic carbocycles. The summed E-state index contributed by atoms with van der Waals surface area (Å²) in [6, 6.07) is 16.5. The van der Waals surface area contributed by atoms with Crippen LogP contribution in [0.15, 0.2) is 54.6 Å².